The van der Waals surface area contributed by atoms with E-state index in [-0.39, 0.29) is 18.1 Å². The number of nitrogens with one attached hydrogen (secondary N) is 1. The number of hydrogen-bond acceptors (Lipinski definition) is 5. The van der Waals surface area contributed by atoms with Gasteiger partial charge in [-0.05, 0) is 19.1 Å². The van der Waals surface area contributed by atoms with Crippen LogP contribution in [0.1, 0.15) is 25.0 Å². The Morgan fingerprint density at radius 1 is 1.44 bits per heavy atom. The highest BCUT2D eigenvalue weighted by Crippen LogP contribution is 2.34. The monoisotopic (exact) mass is 248 g/mol. The fourth-order valence-corrected chi connectivity index (χ4v) is 1.76. The summed E-state index contributed by atoms with van der Waals surface area (Å²) in [7, 11) is 0. The van der Waals surface area contributed by atoms with Gasteiger partial charge in [0.2, 0.25) is 5.91 Å². The van der Waals surface area contributed by atoms with Crippen LogP contribution in [0, 0.1) is 0 Å². The Morgan fingerprint density at radius 3 is 2.83 bits per heavy atom. The quantitative estimate of drug-likeness (QED) is 0.467. The van der Waals surface area contributed by atoms with E-state index in [9.17, 15) is 14.7 Å². The van der Waals surface area contributed by atoms with Crippen LogP contribution in [0.4, 0.5) is 5.69 Å². The van der Waals surface area contributed by atoms with Gasteiger partial charge in [-0.1, -0.05) is 5.16 Å². The van der Waals surface area contributed by atoms with E-state index in [0.717, 1.165) is 0 Å². The summed E-state index contributed by atoms with van der Waals surface area (Å²) in [6.45, 7) is 2.84. The maximum atomic E-state index is 11.2. The van der Waals surface area contributed by atoms with Crippen molar-refractivity contribution in [1.82, 2.24) is 0 Å². The van der Waals surface area contributed by atoms with Crippen molar-refractivity contribution >= 4 is 23.3 Å². The van der Waals surface area contributed by atoms with Gasteiger partial charge in [0.1, 0.15) is 5.75 Å². The molecule has 94 valence electrons. The molecule has 1 aliphatic heterocycles. The highest BCUT2D eigenvalue weighted by atomic mass is 16.7. The van der Waals surface area contributed by atoms with Crippen molar-refractivity contribution in [2.75, 3.05) is 5.32 Å². The molecule has 1 aromatic rings. The molecule has 0 spiro atoms. The molecule has 0 saturated carbocycles. The number of phenols is 1. The third-order valence-corrected chi connectivity index (χ3v) is 2.60. The number of anilines is 1. The van der Waals surface area contributed by atoms with Crippen LogP contribution in [0.5, 0.6) is 5.75 Å². The minimum atomic E-state index is -0.535. The second-order valence-electron chi connectivity index (χ2n) is 3.97. The topological polar surface area (TPSA) is 88.0 Å². The van der Waals surface area contributed by atoms with Gasteiger partial charge in [-0.2, -0.15) is 0 Å². The van der Waals surface area contributed by atoms with Crippen LogP contribution in [-0.4, -0.2) is 22.7 Å². The summed E-state index contributed by atoms with van der Waals surface area (Å²) >= 11 is 0. The number of fused-ring (bicyclic) bond motifs is 1. The lowest BCUT2D eigenvalue weighted by Crippen LogP contribution is -2.03. The van der Waals surface area contributed by atoms with Gasteiger partial charge < -0.3 is 15.3 Å². The van der Waals surface area contributed by atoms with E-state index in [1.807, 2.05) is 0 Å². The van der Waals surface area contributed by atoms with Crippen molar-refractivity contribution in [3.63, 3.8) is 0 Å². The SMILES string of the molecule is CC(=O)O/N=C(\C)c1ccc2c(c1O)CC(=O)N2. The zero-order valence-corrected chi connectivity index (χ0v) is 9.98. The third kappa shape index (κ3) is 2.17. The molecule has 2 N–H and O–H groups in total. The summed E-state index contributed by atoms with van der Waals surface area (Å²) in [5.41, 5.74) is 1.94. The molecule has 1 aromatic carbocycles. The first-order chi connectivity index (χ1) is 8.49. The number of oxime groups is 1. The largest absolute Gasteiger partial charge is 0.507 e. The Bertz CT molecular complexity index is 563. The molecule has 1 aliphatic rings. The number of benzene rings is 1. The Hall–Kier alpha value is -2.37. The van der Waals surface area contributed by atoms with Gasteiger partial charge in [-0.3, -0.25) is 4.79 Å². The van der Waals surface area contributed by atoms with E-state index in [4.69, 9.17) is 0 Å². The van der Waals surface area contributed by atoms with Gasteiger partial charge in [0.05, 0.1) is 12.1 Å². The molecule has 0 unspecified atom stereocenters. The van der Waals surface area contributed by atoms with Crippen LogP contribution in [0.15, 0.2) is 17.3 Å². The maximum Gasteiger partial charge on any atom is 0.331 e. The number of carbonyl (C=O) groups is 2. The van der Waals surface area contributed by atoms with Crippen molar-refractivity contribution < 1.29 is 19.5 Å². The highest BCUT2D eigenvalue weighted by Gasteiger charge is 2.23. The molecule has 0 aliphatic carbocycles. The molecule has 6 nitrogen and oxygen atoms in total. The molecular weight excluding hydrogens is 236 g/mol. The fraction of sp³-hybridized carbons (Fsp3) is 0.250. The van der Waals surface area contributed by atoms with Crippen LogP contribution < -0.4 is 5.32 Å². The molecule has 0 saturated heterocycles. The van der Waals surface area contributed by atoms with Crippen LogP contribution >= 0.6 is 0 Å². The number of carbonyl (C=O) groups excluding carboxylic acids is 2. The molecule has 18 heavy (non-hydrogen) atoms. The van der Waals surface area contributed by atoms with Crippen LogP contribution in [0.3, 0.4) is 0 Å². The maximum absolute atomic E-state index is 11.2. The molecule has 2 rings (SSSR count). The number of hydrogen-bond donors (Lipinski definition) is 2. The fourth-order valence-electron chi connectivity index (χ4n) is 1.76. The van der Waals surface area contributed by atoms with Crippen molar-refractivity contribution in [3.8, 4) is 5.75 Å². The lowest BCUT2D eigenvalue weighted by Gasteiger charge is -2.07. The predicted molar refractivity (Wildman–Crippen MR) is 64.4 cm³/mol. The normalized spacial score (nSPS) is 14.1. The van der Waals surface area contributed by atoms with Crippen molar-refractivity contribution in [2.45, 2.75) is 20.3 Å². The van der Waals surface area contributed by atoms with E-state index in [0.29, 0.717) is 22.5 Å². The third-order valence-electron chi connectivity index (χ3n) is 2.60. The summed E-state index contributed by atoms with van der Waals surface area (Å²) in [6, 6.07) is 3.30. The molecular formula is C12H12N2O4. The predicted octanol–water partition coefficient (Wildman–Crippen LogP) is 1.17. The summed E-state index contributed by atoms with van der Waals surface area (Å²) in [6.07, 6.45) is 0.135. The van der Waals surface area contributed by atoms with Crippen molar-refractivity contribution in [2.24, 2.45) is 5.16 Å². The molecule has 1 amide bonds. The Balaban J connectivity index is 2.36. The average molecular weight is 248 g/mol. The molecule has 0 bridgehead atoms. The van der Waals surface area contributed by atoms with Crippen LogP contribution in [-0.2, 0) is 20.8 Å². The summed E-state index contributed by atoms with van der Waals surface area (Å²) in [4.78, 5) is 26.4. The zero-order chi connectivity index (χ0) is 13.3. The summed E-state index contributed by atoms with van der Waals surface area (Å²) < 4.78 is 0. The summed E-state index contributed by atoms with van der Waals surface area (Å²) in [5.74, 6) is -0.710. The minimum absolute atomic E-state index is 0.0146. The smallest absolute Gasteiger partial charge is 0.331 e. The van der Waals surface area contributed by atoms with Gasteiger partial charge in [-0.15, -0.1) is 0 Å². The van der Waals surface area contributed by atoms with Gasteiger partial charge in [-0.25, -0.2) is 4.79 Å². The number of nitrogens with zero attached hydrogens (tertiary/aromatic N) is 1. The molecule has 0 atom stereocenters. The molecule has 0 radical (unpaired) electrons. The van der Waals surface area contributed by atoms with Crippen LogP contribution in [0.2, 0.25) is 0 Å². The van der Waals surface area contributed by atoms with Gasteiger partial charge in [0, 0.05) is 23.7 Å². The first-order valence-electron chi connectivity index (χ1n) is 5.36. The number of phenolic OH excluding ortho intramolecular Hbond substituents is 1. The lowest BCUT2D eigenvalue weighted by molar-refractivity contribution is -0.140. The molecule has 6 heteroatoms. The number of aromatic hydroxyl groups is 1. The first-order valence-corrected chi connectivity index (χ1v) is 5.36. The Kier molecular flexibility index (Phi) is 3.01. The second-order valence-corrected chi connectivity index (χ2v) is 3.97. The van der Waals surface area contributed by atoms with Crippen molar-refractivity contribution in [3.05, 3.63) is 23.3 Å². The Labute approximate surface area is 103 Å². The highest BCUT2D eigenvalue weighted by molar-refractivity contribution is 6.06. The zero-order valence-electron chi connectivity index (χ0n) is 9.98. The molecule has 1 heterocycles. The first kappa shape index (κ1) is 12.1. The second kappa shape index (κ2) is 4.48. The standard InChI is InChI=1S/C12H12N2O4/c1-6(14-18-7(2)15)8-3-4-10-9(12(8)17)5-11(16)13-10/h3-4,17H,5H2,1-2H3,(H,13,16)/b14-6+. The van der Waals surface area contributed by atoms with Gasteiger partial charge in [0.15, 0.2) is 0 Å². The molecule has 0 fully saturated rings. The Morgan fingerprint density at radius 2 is 2.17 bits per heavy atom. The van der Waals surface area contributed by atoms with E-state index in [1.54, 1.807) is 19.1 Å². The van der Waals surface area contributed by atoms with E-state index in [2.05, 4.69) is 15.3 Å². The minimum Gasteiger partial charge on any atom is -0.507 e. The van der Waals surface area contributed by atoms with Gasteiger partial charge in [0.25, 0.3) is 0 Å². The number of rotatable bonds is 2. The molecule has 0 aromatic heterocycles. The summed E-state index contributed by atoms with van der Waals surface area (Å²) in [5, 5.41) is 16.3. The van der Waals surface area contributed by atoms with E-state index >= 15 is 0 Å². The van der Waals surface area contributed by atoms with E-state index < -0.39 is 5.97 Å². The average Bonchev–Trinajstić information content (AvgIpc) is 2.68. The lowest BCUT2D eigenvalue weighted by atomic mass is 10.0. The van der Waals surface area contributed by atoms with E-state index in [1.165, 1.54) is 6.92 Å². The van der Waals surface area contributed by atoms with Gasteiger partial charge >= 0.3 is 5.97 Å². The van der Waals surface area contributed by atoms with Crippen LogP contribution in [0.25, 0.3) is 0 Å². The number of amides is 1. The van der Waals surface area contributed by atoms with Crippen molar-refractivity contribution in [1.29, 1.82) is 0 Å².